The summed E-state index contributed by atoms with van der Waals surface area (Å²) < 4.78 is 0. The molecule has 146 valence electrons. The highest BCUT2D eigenvalue weighted by atomic mass is 16.3. The zero-order valence-electron chi connectivity index (χ0n) is 17.3. The molecule has 28 heavy (non-hydrogen) atoms. The highest BCUT2D eigenvalue weighted by Crippen LogP contribution is 2.44. The van der Waals surface area contributed by atoms with E-state index >= 15 is 0 Å². The summed E-state index contributed by atoms with van der Waals surface area (Å²) in [6, 6.07) is 24.0. The van der Waals surface area contributed by atoms with Gasteiger partial charge in [-0.1, -0.05) is 48.5 Å². The van der Waals surface area contributed by atoms with Crippen molar-refractivity contribution in [3.8, 4) is 0 Å². The molecule has 0 aliphatic heterocycles. The normalized spacial score (nSPS) is 11.2. The summed E-state index contributed by atoms with van der Waals surface area (Å²) in [5.41, 5.74) is 4.21. The second-order valence-corrected chi connectivity index (χ2v) is 7.36. The van der Waals surface area contributed by atoms with Crippen molar-refractivity contribution in [3.63, 3.8) is 0 Å². The van der Waals surface area contributed by atoms with Crippen molar-refractivity contribution in [2.75, 3.05) is 50.4 Å². The molecule has 0 saturated heterocycles. The average Bonchev–Trinajstić information content (AvgIpc) is 2.73. The van der Waals surface area contributed by atoms with E-state index in [0.29, 0.717) is 0 Å². The van der Waals surface area contributed by atoms with Crippen molar-refractivity contribution in [1.29, 1.82) is 0 Å². The molecule has 0 fully saturated rings. The van der Waals surface area contributed by atoms with Crippen LogP contribution in [0.1, 0.15) is 16.7 Å². The number of rotatable bonds is 6. The van der Waals surface area contributed by atoms with Crippen molar-refractivity contribution in [3.05, 3.63) is 89.5 Å². The van der Waals surface area contributed by atoms with E-state index < -0.39 is 5.60 Å². The Bertz CT molecular complexity index is 881. The van der Waals surface area contributed by atoms with Crippen molar-refractivity contribution in [2.45, 2.75) is 5.60 Å². The van der Waals surface area contributed by atoms with Crippen LogP contribution in [0, 0.1) is 0 Å². The molecule has 3 rings (SSSR count). The van der Waals surface area contributed by atoms with Gasteiger partial charge >= 0.3 is 0 Å². The first-order valence-corrected chi connectivity index (χ1v) is 9.44. The minimum Gasteiger partial charge on any atom is -0.388 e. The van der Waals surface area contributed by atoms with E-state index in [0.717, 1.165) is 33.8 Å². The molecule has 3 aromatic rings. The molecule has 2 N–H and O–H groups in total. The summed E-state index contributed by atoms with van der Waals surface area (Å²) in [4.78, 5) is 4.08. The minimum atomic E-state index is -1.30. The Labute approximate surface area is 168 Å². The Hall–Kier alpha value is -2.98. The first-order valence-electron chi connectivity index (χ1n) is 9.44. The van der Waals surface area contributed by atoms with Crippen LogP contribution < -0.4 is 15.1 Å². The lowest BCUT2D eigenvalue weighted by atomic mass is 9.78. The lowest BCUT2D eigenvalue weighted by Crippen LogP contribution is -2.33. The monoisotopic (exact) mass is 375 g/mol. The number of nitrogens with zero attached hydrogens (tertiary/aromatic N) is 2. The molecule has 0 bridgehead atoms. The van der Waals surface area contributed by atoms with Crippen LogP contribution in [0.3, 0.4) is 0 Å². The van der Waals surface area contributed by atoms with Gasteiger partial charge < -0.3 is 20.2 Å². The van der Waals surface area contributed by atoms with Crippen LogP contribution in [0.5, 0.6) is 0 Å². The fraction of sp³-hybridized carbons (Fsp3) is 0.250. The van der Waals surface area contributed by atoms with E-state index in [-0.39, 0.29) is 0 Å². The maximum Gasteiger partial charge on any atom is 0.144 e. The third-order valence-electron chi connectivity index (χ3n) is 5.14. The van der Waals surface area contributed by atoms with Gasteiger partial charge in [-0.3, -0.25) is 0 Å². The van der Waals surface area contributed by atoms with Gasteiger partial charge in [0.15, 0.2) is 0 Å². The summed E-state index contributed by atoms with van der Waals surface area (Å²) in [5, 5.41) is 15.5. The van der Waals surface area contributed by atoms with E-state index in [1.807, 2.05) is 118 Å². The Morgan fingerprint density at radius 2 is 1.11 bits per heavy atom. The number of para-hydroxylation sites is 2. The first-order chi connectivity index (χ1) is 13.4. The molecule has 0 aromatic heterocycles. The first kappa shape index (κ1) is 19.8. The Morgan fingerprint density at radius 1 is 0.679 bits per heavy atom. The molecule has 3 aromatic carbocycles. The Balaban J connectivity index is 2.35. The number of nitrogens with one attached hydrogen (secondary N) is 1. The fourth-order valence-corrected chi connectivity index (χ4v) is 3.67. The van der Waals surface area contributed by atoms with E-state index in [4.69, 9.17) is 0 Å². The molecular formula is C24H29N3O. The van der Waals surface area contributed by atoms with Crippen LogP contribution in [-0.2, 0) is 5.60 Å². The third-order valence-corrected chi connectivity index (χ3v) is 5.14. The van der Waals surface area contributed by atoms with Crippen LogP contribution in [0.4, 0.5) is 17.1 Å². The highest BCUT2D eigenvalue weighted by molar-refractivity contribution is 5.68. The summed E-state index contributed by atoms with van der Waals surface area (Å²) in [6.45, 7) is 0. The van der Waals surface area contributed by atoms with Gasteiger partial charge in [0.25, 0.3) is 0 Å². The molecule has 4 nitrogen and oxygen atoms in total. The van der Waals surface area contributed by atoms with E-state index in [1.165, 1.54) is 0 Å². The van der Waals surface area contributed by atoms with E-state index in [1.54, 1.807) is 0 Å². The number of anilines is 3. The molecule has 0 atom stereocenters. The molecular weight excluding hydrogens is 346 g/mol. The zero-order chi connectivity index (χ0) is 20.3. The van der Waals surface area contributed by atoms with Gasteiger partial charge in [0, 0.05) is 63.4 Å². The minimum absolute atomic E-state index is 0.829. The van der Waals surface area contributed by atoms with Crippen molar-refractivity contribution < 1.29 is 5.11 Å². The van der Waals surface area contributed by atoms with Crippen molar-refractivity contribution >= 4 is 17.1 Å². The van der Waals surface area contributed by atoms with Gasteiger partial charge in [0.05, 0.1) is 0 Å². The SMILES string of the molecule is CNc1ccc(C(O)(c2ccccc2N(C)C)c2ccccc2N(C)C)cc1. The lowest BCUT2D eigenvalue weighted by molar-refractivity contribution is 0.126. The summed E-state index contributed by atoms with van der Waals surface area (Å²) in [5.74, 6) is 0. The molecule has 0 heterocycles. The topological polar surface area (TPSA) is 38.7 Å². The molecule has 0 amide bonds. The quantitative estimate of drug-likeness (QED) is 0.635. The molecule has 0 unspecified atom stereocenters. The Morgan fingerprint density at radius 3 is 1.50 bits per heavy atom. The van der Waals surface area contributed by atoms with Gasteiger partial charge in [0.2, 0.25) is 0 Å². The lowest BCUT2D eigenvalue weighted by Gasteiger charge is -2.36. The van der Waals surface area contributed by atoms with Crippen LogP contribution in [0.25, 0.3) is 0 Å². The van der Waals surface area contributed by atoms with Crippen LogP contribution in [0.2, 0.25) is 0 Å². The summed E-state index contributed by atoms with van der Waals surface area (Å²) in [6.07, 6.45) is 0. The fourth-order valence-electron chi connectivity index (χ4n) is 3.67. The second-order valence-electron chi connectivity index (χ2n) is 7.36. The second kappa shape index (κ2) is 7.95. The highest BCUT2D eigenvalue weighted by Gasteiger charge is 2.38. The average molecular weight is 376 g/mol. The largest absolute Gasteiger partial charge is 0.388 e. The predicted octanol–water partition coefficient (Wildman–Crippen LogP) is 4.14. The predicted molar refractivity (Wildman–Crippen MR) is 120 cm³/mol. The smallest absolute Gasteiger partial charge is 0.144 e. The number of aliphatic hydroxyl groups is 1. The van der Waals surface area contributed by atoms with Gasteiger partial charge in [-0.05, 0) is 29.8 Å². The van der Waals surface area contributed by atoms with Crippen molar-refractivity contribution in [1.82, 2.24) is 0 Å². The number of benzene rings is 3. The maximum atomic E-state index is 12.4. The molecule has 4 heteroatoms. The van der Waals surface area contributed by atoms with Crippen LogP contribution in [0.15, 0.2) is 72.8 Å². The Kier molecular flexibility index (Phi) is 5.61. The standard InChI is InChI=1S/C24H29N3O/c1-25-19-16-14-18(15-17-19)24(28,20-10-6-8-12-22(20)26(2)3)21-11-7-9-13-23(21)27(4)5/h6-17,25,28H,1-5H3. The zero-order valence-corrected chi connectivity index (χ0v) is 17.3. The molecule has 0 spiro atoms. The molecule has 0 saturated carbocycles. The van der Waals surface area contributed by atoms with E-state index in [2.05, 4.69) is 5.32 Å². The van der Waals surface area contributed by atoms with Gasteiger partial charge in [-0.2, -0.15) is 0 Å². The van der Waals surface area contributed by atoms with Gasteiger partial charge in [0.1, 0.15) is 5.60 Å². The number of hydrogen-bond donors (Lipinski definition) is 2. The number of hydrogen-bond acceptors (Lipinski definition) is 4. The van der Waals surface area contributed by atoms with Crippen LogP contribution >= 0.6 is 0 Å². The van der Waals surface area contributed by atoms with Crippen molar-refractivity contribution in [2.24, 2.45) is 0 Å². The molecule has 0 radical (unpaired) electrons. The van der Waals surface area contributed by atoms with Gasteiger partial charge in [-0.25, -0.2) is 0 Å². The molecule has 0 aliphatic rings. The maximum absolute atomic E-state index is 12.4. The summed E-state index contributed by atoms with van der Waals surface area (Å²) in [7, 11) is 9.90. The van der Waals surface area contributed by atoms with E-state index in [9.17, 15) is 5.11 Å². The third kappa shape index (κ3) is 3.43. The van der Waals surface area contributed by atoms with Crippen LogP contribution in [-0.4, -0.2) is 40.3 Å². The van der Waals surface area contributed by atoms with Gasteiger partial charge in [-0.15, -0.1) is 0 Å². The summed E-state index contributed by atoms with van der Waals surface area (Å²) >= 11 is 0. The molecule has 0 aliphatic carbocycles.